The van der Waals surface area contributed by atoms with Gasteiger partial charge in [-0.25, -0.2) is 0 Å². The van der Waals surface area contributed by atoms with Gasteiger partial charge in [-0.1, -0.05) is 297 Å². The Morgan fingerprint density at radius 1 is 0.269 bits per heavy atom. The molecule has 0 aliphatic carbocycles. The van der Waals surface area contributed by atoms with Gasteiger partial charge in [0.1, 0.15) is 13.2 Å². The highest BCUT2D eigenvalue weighted by Gasteiger charge is 2.19. The second kappa shape index (κ2) is 65.6. The predicted molar refractivity (Wildman–Crippen MR) is 339 cm³/mol. The van der Waals surface area contributed by atoms with Crippen LogP contribution in [0.2, 0.25) is 0 Å². The SMILES string of the molecule is CC/C=C\C/C=C\C/C=C\C/C=C\C/C=C\CCCCCCCCCC(=O)OC(COC(=O)CCCCCCCCCCCC)COC(=O)CCCCCCCCCCCCCCCC/C=C\C/C=C\C/C=C\C/C=C\CC. The first-order valence-electron chi connectivity index (χ1n) is 32.9. The number of hydrogen-bond donors (Lipinski definition) is 0. The summed E-state index contributed by atoms with van der Waals surface area (Å²) in [5, 5.41) is 0. The van der Waals surface area contributed by atoms with Crippen LogP contribution < -0.4 is 0 Å². The average Bonchev–Trinajstić information content (AvgIpc) is 3.44. The fourth-order valence-corrected chi connectivity index (χ4v) is 9.17. The van der Waals surface area contributed by atoms with Crippen molar-refractivity contribution >= 4 is 17.9 Å². The summed E-state index contributed by atoms with van der Waals surface area (Å²) >= 11 is 0. The van der Waals surface area contributed by atoms with Crippen LogP contribution in [-0.2, 0) is 28.6 Å². The fourth-order valence-electron chi connectivity index (χ4n) is 9.17. The van der Waals surface area contributed by atoms with Crippen LogP contribution in [-0.4, -0.2) is 37.2 Å². The van der Waals surface area contributed by atoms with Crippen LogP contribution in [0.4, 0.5) is 0 Å². The van der Waals surface area contributed by atoms with Crippen LogP contribution in [0.15, 0.2) is 109 Å². The molecule has 0 aromatic heterocycles. The lowest BCUT2D eigenvalue weighted by Crippen LogP contribution is -2.30. The van der Waals surface area contributed by atoms with Gasteiger partial charge in [0, 0.05) is 19.3 Å². The van der Waals surface area contributed by atoms with Crippen molar-refractivity contribution in [2.75, 3.05) is 13.2 Å². The molecule has 1 atom stereocenters. The maximum Gasteiger partial charge on any atom is 0.306 e. The molecular formula is C72H122O6. The highest BCUT2D eigenvalue weighted by Crippen LogP contribution is 2.17. The molecule has 6 heteroatoms. The lowest BCUT2D eigenvalue weighted by molar-refractivity contribution is -0.167. The van der Waals surface area contributed by atoms with Crippen LogP contribution in [0.25, 0.3) is 0 Å². The molecule has 0 radical (unpaired) electrons. The number of esters is 3. The van der Waals surface area contributed by atoms with E-state index in [0.717, 1.165) is 122 Å². The summed E-state index contributed by atoms with van der Waals surface area (Å²) in [6, 6.07) is 0. The molecule has 446 valence electrons. The average molecular weight is 1080 g/mol. The largest absolute Gasteiger partial charge is 0.462 e. The Hall–Kier alpha value is -3.93. The topological polar surface area (TPSA) is 78.9 Å². The number of rotatable bonds is 59. The lowest BCUT2D eigenvalue weighted by Gasteiger charge is -2.18. The second-order valence-corrected chi connectivity index (χ2v) is 21.6. The molecule has 78 heavy (non-hydrogen) atoms. The highest BCUT2D eigenvalue weighted by atomic mass is 16.6. The fraction of sp³-hybridized carbons (Fsp3) is 0.708. The number of carbonyl (C=O) groups is 3. The Balaban J connectivity index is 4.24. The van der Waals surface area contributed by atoms with Crippen molar-refractivity contribution in [1.29, 1.82) is 0 Å². The van der Waals surface area contributed by atoms with Crippen LogP contribution in [0.1, 0.15) is 310 Å². The Morgan fingerprint density at radius 2 is 0.500 bits per heavy atom. The monoisotopic (exact) mass is 1080 g/mol. The van der Waals surface area contributed by atoms with Crippen LogP contribution in [0, 0.1) is 0 Å². The minimum atomic E-state index is -0.784. The zero-order chi connectivity index (χ0) is 56.4. The van der Waals surface area contributed by atoms with E-state index in [2.05, 4.69) is 130 Å². The predicted octanol–water partition coefficient (Wildman–Crippen LogP) is 22.6. The molecule has 0 amide bonds. The van der Waals surface area contributed by atoms with Crippen LogP contribution >= 0.6 is 0 Å². The number of hydrogen-bond acceptors (Lipinski definition) is 6. The molecule has 6 nitrogen and oxygen atoms in total. The van der Waals surface area contributed by atoms with E-state index in [1.165, 1.54) is 148 Å². The summed E-state index contributed by atoms with van der Waals surface area (Å²) in [7, 11) is 0. The van der Waals surface area contributed by atoms with Crippen molar-refractivity contribution < 1.29 is 28.6 Å². The molecule has 0 aliphatic heterocycles. The van der Waals surface area contributed by atoms with E-state index in [0.29, 0.717) is 19.3 Å². The van der Waals surface area contributed by atoms with Crippen LogP contribution in [0.5, 0.6) is 0 Å². The van der Waals surface area contributed by atoms with Gasteiger partial charge in [-0.15, -0.1) is 0 Å². The quantitative estimate of drug-likeness (QED) is 0.0261. The summed E-state index contributed by atoms with van der Waals surface area (Å²) in [5.41, 5.74) is 0. The van der Waals surface area contributed by atoms with Gasteiger partial charge in [-0.05, 0) is 103 Å². The molecule has 0 aromatic rings. The Kier molecular flexibility index (Phi) is 62.3. The van der Waals surface area contributed by atoms with Gasteiger partial charge in [-0.3, -0.25) is 14.4 Å². The third kappa shape index (κ3) is 62.9. The molecule has 0 aliphatic rings. The molecule has 0 fully saturated rings. The minimum Gasteiger partial charge on any atom is -0.462 e. The zero-order valence-corrected chi connectivity index (χ0v) is 51.2. The summed E-state index contributed by atoms with van der Waals surface area (Å²) in [5.74, 6) is -0.884. The smallest absolute Gasteiger partial charge is 0.306 e. The van der Waals surface area contributed by atoms with Crippen molar-refractivity contribution in [2.24, 2.45) is 0 Å². The van der Waals surface area contributed by atoms with E-state index in [9.17, 15) is 14.4 Å². The molecule has 1 unspecified atom stereocenters. The Labute approximate surface area is 482 Å². The first-order valence-corrected chi connectivity index (χ1v) is 32.9. The number of unbranched alkanes of at least 4 members (excludes halogenated alkanes) is 30. The normalized spacial score (nSPS) is 12.8. The van der Waals surface area contributed by atoms with Crippen molar-refractivity contribution in [1.82, 2.24) is 0 Å². The van der Waals surface area contributed by atoms with E-state index in [1.54, 1.807) is 0 Å². The Bertz CT molecular complexity index is 1570. The molecule has 0 bridgehead atoms. The number of allylic oxidation sites excluding steroid dienone is 18. The maximum atomic E-state index is 12.9. The van der Waals surface area contributed by atoms with Gasteiger partial charge >= 0.3 is 17.9 Å². The molecular weight excluding hydrogens is 961 g/mol. The van der Waals surface area contributed by atoms with Gasteiger partial charge in [0.05, 0.1) is 0 Å². The standard InChI is InChI=1S/C72H122O6/c1-4-7-10-13-16-19-22-24-26-28-30-32-34-35-36-37-39-40-42-44-46-48-50-53-56-59-62-65-71(74)77-68-69(67-76-70(73)64-61-58-55-52-21-18-15-12-9-6-3)78-72(75)66-63-60-57-54-51-49-47-45-43-41-38-33-31-29-27-25-23-20-17-14-11-8-5-2/h7-8,10-11,16-17,19-20,24-27,30-33,41,43,69H,4-6,9,12-15,18,21-23,28-29,34-40,42,44-68H2,1-3H3/b10-7-,11-8-,19-16-,20-17-,26-24-,27-25-,32-30-,33-31-,43-41-. The van der Waals surface area contributed by atoms with E-state index in [-0.39, 0.29) is 31.1 Å². The molecule has 0 N–H and O–H groups in total. The van der Waals surface area contributed by atoms with Gasteiger partial charge in [-0.2, -0.15) is 0 Å². The molecule has 0 spiro atoms. The van der Waals surface area contributed by atoms with Crippen molar-refractivity contribution in [3.63, 3.8) is 0 Å². The highest BCUT2D eigenvalue weighted by molar-refractivity contribution is 5.71. The second-order valence-electron chi connectivity index (χ2n) is 21.6. The molecule has 0 saturated carbocycles. The molecule has 0 heterocycles. The minimum absolute atomic E-state index is 0.0804. The van der Waals surface area contributed by atoms with Crippen molar-refractivity contribution in [3.05, 3.63) is 109 Å². The summed E-state index contributed by atoms with van der Waals surface area (Å²) in [6.45, 7) is 6.42. The number of ether oxygens (including phenoxy) is 3. The van der Waals surface area contributed by atoms with E-state index in [1.807, 2.05) is 0 Å². The molecule has 0 aromatic carbocycles. The summed E-state index contributed by atoms with van der Waals surface area (Å²) in [4.78, 5) is 38.3. The third-order valence-electron chi connectivity index (χ3n) is 14.0. The number of carbonyl (C=O) groups excluding carboxylic acids is 3. The van der Waals surface area contributed by atoms with E-state index in [4.69, 9.17) is 14.2 Å². The maximum absolute atomic E-state index is 12.9. The Morgan fingerprint density at radius 3 is 0.782 bits per heavy atom. The van der Waals surface area contributed by atoms with Gasteiger partial charge in [0.15, 0.2) is 6.10 Å². The summed E-state index contributed by atoms with van der Waals surface area (Å²) < 4.78 is 16.9. The van der Waals surface area contributed by atoms with E-state index < -0.39 is 6.10 Å². The first kappa shape index (κ1) is 74.1. The zero-order valence-electron chi connectivity index (χ0n) is 51.2. The van der Waals surface area contributed by atoms with E-state index >= 15 is 0 Å². The first-order chi connectivity index (χ1) is 38.5. The lowest BCUT2D eigenvalue weighted by atomic mass is 10.0. The molecule has 0 saturated heterocycles. The van der Waals surface area contributed by atoms with Gasteiger partial charge < -0.3 is 14.2 Å². The summed E-state index contributed by atoms with van der Waals surface area (Å²) in [6.07, 6.45) is 89.6. The van der Waals surface area contributed by atoms with Gasteiger partial charge in [0.2, 0.25) is 0 Å². The van der Waals surface area contributed by atoms with Crippen LogP contribution in [0.3, 0.4) is 0 Å². The molecule has 0 rings (SSSR count). The van der Waals surface area contributed by atoms with Crippen molar-refractivity contribution in [3.8, 4) is 0 Å². The van der Waals surface area contributed by atoms with Crippen molar-refractivity contribution in [2.45, 2.75) is 316 Å². The third-order valence-corrected chi connectivity index (χ3v) is 14.0. The van der Waals surface area contributed by atoms with Gasteiger partial charge in [0.25, 0.3) is 0 Å².